The second-order valence-corrected chi connectivity index (χ2v) is 5.51. The van der Waals surface area contributed by atoms with Crippen LogP contribution >= 0.6 is 11.3 Å². The Hall–Kier alpha value is -0.930. The van der Waals surface area contributed by atoms with Gasteiger partial charge in [-0.05, 0) is 19.4 Å². The summed E-state index contributed by atoms with van der Waals surface area (Å²) in [6, 6.07) is 4.37. The summed E-state index contributed by atoms with van der Waals surface area (Å²) in [7, 11) is 0. The molecule has 0 bridgehead atoms. The molecule has 2 atom stereocenters. The van der Waals surface area contributed by atoms with Crippen molar-refractivity contribution < 1.29 is 9.47 Å². The molecule has 4 nitrogen and oxygen atoms in total. The molecule has 1 saturated heterocycles. The number of ether oxygens (including phenoxy) is 2. The summed E-state index contributed by atoms with van der Waals surface area (Å²) in [5, 5.41) is 14.0. The van der Waals surface area contributed by atoms with Gasteiger partial charge < -0.3 is 14.8 Å². The van der Waals surface area contributed by atoms with Crippen molar-refractivity contribution in [3.63, 3.8) is 0 Å². The first-order valence-electron chi connectivity index (χ1n) is 6.18. The summed E-state index contributed by atoms with van der Waals surface area (Å²) >= 11 is 1.61. The Morgan fingerprint density at radius 1 is 1.72 bits per heavy atom. The van der Waals surface area contributed by atoms with E-state index < -0.39 is 0 Å². The lowest BCUT2D eigenvalue weighted by molar-refractivity contribution is 0.0323. The van der Waals surface area contributed by atoms with Gasteiger partial charge in [0.2, 0.25) is 0 Å². The van der Waals surface area contributed by atoms with Crippen LogP contribution in [-0.2, 0) is 16.0 Å². The normalized spacial score (nSPS) is 20.8. The van der Waals surface area contributed by atoms with E-state index in [1.54, 1.807) is 11.3 Å². The molecule has 1 aliphatic heterocycles. The van der Waals surface area contributed by atoms with Crippen LogP contribution in [0.5, 0.6) is 0 Å². The highest BCUT2D eigenvalue weighted by molar-refractivity contribution is 7.10. The highest BCUT2D eigenvalue weighted by Gasteiger charge is 2.16. The summed E-state index contributed by atoms with van der Waals surface area (Å²) < 4.78 is 11.0. The summed E-state index contributed by atoms with van der Waals surface area (Å²) in [6.07, 6.45) is 1.27. The summed E-state index contributed by atoms with van der Waals surface area (Å²) in [6.45, 7) is 5.14. The van der Waals surface area contributed by atoms with Crippen molar-refractivity contribution in [3.8, 4) is 6.07 Å². The summed E-state index contributed by atoms with van der Waals surface area (Å²) in [5.41, 5.74) is 0.740. The number of hydrogen-bond donors (Lipinski definition) is 1. The van der Waals surface area contributed by atoms with Gasteiger partial charge in [-0.2, -0.15) is 5.26 Å². The van der Waals surface area contributed by atoms with Gasteiger partial charge in [0.1, 0.15) is 6.07 Å². The maximum Gasteiger partial charge on any atom is 0.100 e. The van der Waals surface area contributed by atoms with E-state index in [0.717, 1.165) is 31.7 Å². The van der Waals surface area contributed by atoms with E-state index in [9.17, 15) is 0 Å². The number of nitriles is 1. The number of hydrogen-bond acceptors (Lipinski definition) is 5. The fourth-order valence-electron chi connectivity index (χ4n) is 1.79. The van der Waals surface area contributed by atoms with Crippen molar-refractivity contribution in [2.24, 2.45) is 0 Å². The maximum atomic E-state index is 8.74. The van der Waals surface area contributed by atoms with Crippen LogP contribution < -0.4 is 5.32 Å². The molecule has 0 amide bonds. The molecule has 1 N–H and O–H groups in total. The predicted octanol–water partition coefficient (Wildman–Crippen LogP) is 1.90. The van der Waals surface area contributed by atoms with Crippen LogP contribution in [0.15, 0.2) is 11.4 Å². The number of thiophene rings is 1. The van der Waals surface area contributed by atoms with E-state index in [1.807, 2.05) is 11.4 Å². The highest BCUT2D eigenvalue weighted by atomic mass is 32.1. The maximum absolute atomic E-state index is 8.74. The number of nitrogens with zero attached hydrogens (tertiary/aromatic N) is 1. The van der Waals surface area contributed by atoms with Gasteiger partial charge >= 0.3 is 0 Å². The van der Waals surface area contributed by atoms with Gasteiger partial charge in [-0.1, -0.05) is 0 Å². The van der Waals surface area contributed by atoms with Crippen LogP contribution in [0.25, 0.3) is 0 Å². The summed E-state index contributed by atoms with van der Waals surface area (Å²) in [4.78, 5) is 1.18. The molecule has 98 valence electrons. The minimum absolute atomic E-state index is 0.265. The van der Waals surface area contributed by atoms with Crippen molar-refractivity contribution >= 4 is 11.3 Å². The molecule has 0 aliphatic carbocycles. The quantitative estimate of drug-likeness (QED) is 0.854. The second-order valence-electron chi connectivity index (χ2n) is 4.51. The molecule has 1 fully saturated rings. The topological polar surface area (TPSA) is 54.3 Å². The Morgan fingerprint density at radius 3 is 3.28 bits per heavy atom. The van der Waals surface area contributed by atoms with Gasteiger partial charge in [0.05, 0.1) is 24.9 Å². The van der Waals surface area contributed by atoms with E-state index in [2.05, 4.69) is 18.3 Å². The zero-order valence-corrected chi connectivity index (χ0v) is 11.3. The molecular weight excluding hydrogens is 248 g/mol. The Balaban J connectivity index is 1.64. The van der Waals surface area contributed by atoms with Crippen LogP contribution in [0.2, 0.25) is 0 Å². The first-order valence-corrected chi connectivity index (χ1v) is 7.06. The fourth-order valence-corrected chi connectivity index (χ4v) is 2.55. The van der Waals surface area contributed by atoms with Crippen molar-refractivity contribution in [3.05, 3.63) is 21.9 Å². The predicted molar refractivity (Wildman–Crippen MR) is 70.5 cm³/mol. The van der Waals surface area contributed by atoms with Gasteiger partial charge in [0, 0.05) is 29.5 Å². The van der Waals surface area contributed by atoms with E-state index in [4.69, 9.17) is 14.7 Å². The molecule has 5 heteroatoms. The lowest BCUT2D eigenvalue weighted by Crippen LogP contribution is -2.32. The molecular formula is C13H18N2O2S. The minimum Gasteiger partial charge on any atom is -0.379 e. The Labute approximate surface area is 112 Å². The van der Waals surface area contributed by atoms with Gasteiger partial charge in [-0.3, -0.25) is 0 Å². The number of rotatable bonds is 6. The van der Waals surface area contributed by atoms with Gasteiger partial charge in [-0.15, -0.1) is 11.3 Å². The van der Waals surface area contributed by atoms with Gasteiger partial charge in [0.25, 0.3) is 0 Å². The largest absolute Gasteiger partial charge is 0.379 e. The molecule has 1 aromatic rings. The Kier molecular flexibility index (Phi) is 5.14. The standard InChI is InChI=1S/C13H18N2O2S/c1-10(7-17-12-2-3-16-8-12)15-6-13-4-11(5-14)9-18-13/h4,9-10,12,15H,2-3,6-8H2,1H3. The second kappa shape index (κ2) is 6.86. The molecule has 2 rings (SSSR count). The van der Waals surface area contributed by atoms with Crippen LogP contribution in [0.3, 0.4) is 0 Å². The average Bonchev–Trinajstić information content (AvgIpc) is 3.04. The van der Waals surface area contributed by atoms with Gasteiger partial charge in [-0.25, -0.2) is 0 Å². The van der Waals surface area contributed by atoms with Crippen molar-refractivity contribution in [2.45, 2.75) is 32.0 Å². The van der Waals surface area contributed by atoms with Crippen LogP contribution in [0.4, 0.5) is 0 Å². The Bertz CT molecular complexity index is 407. The monoisotopic (exact) mass is 266 g/mol. The molecule has 2 unspecified atom stereocenters. The molecule has 0 radical (unpaired) electrons. The lowest BCUT2D eigenvalue weighted by atomic mass is 10.3. The zero-order valence-electron chi connectivity index (χ0n) is 10.5. The van der Waals surface area contributed by atoms with Crippen molar-refractivity contribution in [2.75, 3.05) is 19.8 Å². The van der Waals surface area contributed by atoms with E-state index in [-0.39, 0.29) is 6.10 Å². The third-order valence-electron chi connectivity index (χ3n) is 2.88. The summed E-state index contributed by atoms with van der Waals surface area (Å²) in [5.74, 6) is 0. The third-order valence-corrected chi connectivity index (χ3v) is 3.81. The first-order chi connectivity index (χ1) is 8.78. The van der Waals surface area contributed by atoms with Crippen molar-refractivity contribution in [1.82, 2.24) is 5.32 Å². The van der Waals surface area contributed by atoms with Crippen molar-refractivity contribution in [1.29, 1.82) is 5.26 Å². The first kappa shape index (κ1) is 13.5. The van der Waals surface area contributed by atoms with Crippen LogP contribution in [0.1, 0.15) is 23.8 Å². The Morgan fingerprint density at radius 2 is 2.61 bits per heavy atom. The van der Waals surface area contributed by atoms with E-state index >= 15 is 0 Å². The van der Waals surface area contributed by atoms with E-state index in [1.165, 1.54) is 4.88 Å². The lowest BCUT2D eigenvalue weighted by Gasteiger charge is -2.16. The molecule has 2 heterocycles. The molecule has 0 saturated carbocycles. The van der Waals surface area contributed by atoms with Crippen LogP contribution in [0, 0.1) is 11.3 Å². The SMILES string of the molecule is CC(COC1CCOC1)NCc1cc(C#N)cs1. The molecule has 1 aromatic heterocycles. The van der Waals surface area contributed by atoms with Gasteiger partial charge in [0.15, 0.2) is 0 Å². The smallest absolute Gasteiger partial charge is 0.100 e. The van der Waals surface area contributed by atoms with Crippen LogP contribution in [-0.4, -0.2) is 32.0 Å². The minimum atomic E-state index is 0.265. The molecule has 0 spiro atoms. The van der Waals surface area contributed by atoms with E-state index in [0.29, 0.717) is 12.6 Å². The fraction of sp³-hybridized carbons (Fsp3) is 0.615. The molecule has 1 aliphatic rings. The number of nitrogens with one attached hydrogen (secondary N) is 1. The average molecular weight is 266 g/mol. The molecule has 0 aromatic carbocycles. The zero-order chi connectivity index (χ0) is 12.8. The highest BCUT2D eigenvalue weighted by Crippen LogP contribution is 2.13. The third kappa shape index (κ3) is 4.07. The molecule has 18 heavy (non-hydrogen) atoms.